The third-order valence-corrected chi connectivity index (χ3v) is 4.01. The Balaban J connectivity index is 1.84. The van der Waals surface area contributed by atoms with E-state index in [4.69, 9.17) is 12.2 Å². The fraction of sp³-hybridized carbons (Fsp3) is 0.500. The van der Waals surface area contributed by atoms with Gasteiger partial charge in [0, 0.05) is 11.6 Å². The van der Waals surface area contributed by atoms with Gasteiger partial charge in [0.1, 0.15) is 0 Å². The Hall–Kier alpha value is -1.42. The number of amides is 1. The molecule has 0 spiro atoms. The highest BCUT2D eigenvalue weighted by molar-refractivity contribution is 7.80. The molecule has 2 N–H and O–H groups in total. The Bertz CT molecular complexity index is 464. The lowest BCUT2D eigenvalue weighted by Gasteiger charge is -2.24. The predicted octanol–water partition coefficient (Wildman–Crippen LogP) is 3.19. The molecule has 108 valence electrons. The van der Waals surface area contributed by atoms with Crippen LogP contribution in [0.5, 0.6) is 0 Å². The highest BCUT2D eigenvalue weighted by Crippen LogP contribution is 2.17. The van der Waals surface area contributed by atoms with Crippen molar-refractivity contribution in [1.82, 2.24) is 10.6 Å². The van der Waals surface area contributed by atoms with Gasteiger partial charge < -0.3 is 5.32 Å². The third-order valence-electron chi connectivity index (χ3n) is 3.79. The topological polar surface area (TPSA) is 41.1 Å². The molecular weight excluding hydrogens is 268 g/mol. The van der Waals surface area contributed by atoms with Gasteiger partial charge in [-0.1, -0.05) is 38.3 Å². The van der Waals surface area contributed by atoms with Crippen LogP contribution in [0.15, 0.2) is 24.3 Å². The summed E-state index contributed by atoms with van der Waals surface area (Å²) in [4.78, 5) is 12.1. The van der Waals surface area contributed by atoms with E-state index in [-0.39, 0.29) is 5.91 Å². The average Bonchev–Trinajstić information content (AvgIpc) is 2.48. The fourth-order valence-corrected chi connectivity index (χ4v) is 2.79. The zero-order valence-corrected chi connectivity index (χ0v) is 12.8. The molecule has 1 saturated carbocycles. The maximum Gasteiger partial charge on any atom is 0.257 e. The van der Waals surface area contributed by atoms with E-state index in [1.807, 2.05) is 24.3 Å². The van der Waals surface area contributed by atoms with Crippen LogP contribution in [0.3, 0.4) is 0 Å². The van der Waals surface area contributed by atoms with E-state index >= 15 is 0 Å². The standard InChI is InChI=1S/C16H22N2OS/c1-2-12-8-10-13(11-9-12)15(19)18-16(20)17-14-6-4-3-5-7-14/h8-11,14H,2-7H2,1H3,(H2,17,18,19,20). The van der Waals surface area contributed by atoms with Gasteiger partial charge in [0.15, 0.2) is 5.11 Å². The first kappa shape index (κ1) is 15.0. The molecular formula is C16H22N2OS. The number of thiocarbonyl (C=S) groups is 1. The minimum Gasteiger partial charge on any atom is -0.360 e. The summed E-state index contributed by atoms with van der Waals surface area (Å²) in [5, 5.41) is 6.45. The van der Waals surface area contributed by atoms with Gasteiger partial charge in [0.25, 0.3) is 5.91 Å². The minimum absolute atomic E-state index is 0.138. The second-order valence-electron chi connectivity index (χ2n) is 5.31. The van der Waals surface area contributed by atoms with Crippen LogP contribution in [0.25, 0.3) is 0 Å². The van der Waals surface area contributed by atoms with Gasteiger partial charge in [-0.15, -0.1) is 0 Å². The molecule has 4 heteroatoms. The van der Waals surface area contributed by atoms with Crippen molar-refractivity contribution in [2.45, 2.75) is 51.5 Å². The van der Waals surface area contributed by atoms with E-state index in [9.17, 15) is 4.79 Å². The van der Waals surface area contributed by atoms with Crippen molar-refractivity contribution in [2.24, 2.45) is 0 Å². The van der Waals surface area contributed by atoms with Crippen LogP contribution in [0, 0.1) is 0 Å². The number of benzene rings is 1. The lowest BCUT2D eigenvalue weighted by molar-refractivity contribution is 0.0976. The maximum atomic E-state index is 12.1. The van der Waals surface area contributed by atoms with E-state index in [0.717, 1.165) is 19.3 Å². The average molecular weight is 290 g/mol. The van der Waals surface area contributed by atoms with Crippen molar-refractivity contribution in [3.05, 3.63) is 35.4 Å². The second kappa shape index (κ2) is 7.39. The molecule has 2 rings (SSSR count). The summed E-state index contributed by atoms with van der Waals surface area (Å²) in [5.74, 6) is -0.138. The monoisotopic (exact) mass is 290 g/mol. The Morgan fingerprint density at radius 2 is 1.85 bits per heavy atom. The molecule has 0 bridgehead atoms. The molecule has 0 saturated heterocycles. The summed E-state index contributed by atoms with van der Waals surface area (Å²) in [6, 6.07) is 8.06. The highest BCUT2D eigenvalue weighted by atomic mass is 32.1. The number of hydrogen-bond acceptors (Lipinski definition) is 2. The van der Waals surface area contributed by atoms with E-state index in [0.29, 0.717) is 16.7 Å². The number of aryl methyl sites for hydroxylation is 1. The predicted molar refractivity (Wildman–Crippen MR) is 85.9 cm³/mol. The third kappa shape index (κ3) is 4.30. The zero-order valence-electron chi connectivity index (χ0n) is 11.9. The van der Waals surface area contributed by atoms with Gasteiger partial charge >= 0.3 is 0 Å². The summed E-state index contributed by atoms with van der Waals surface area (Å²) >= 11 is 5.22. The first-order chi connectivity index (χ1) is 9.69. The van der Waals surface area contributed by atoms with Crippen LogP contribution in [-0.4, -0.2) is 17.1 Å². The van der Waals surface area contributed by atoms with Crippen LogP contribution >= 0.6 is 12.2 Å². The number of hydrogen-bond donors (Lipinski definition) is 2. The summed E-state index contributed by atoms with van der Waals surface area (Å²) in [5.41, 5.74) is 1.87. The van der Waals surface area contributed by atoms with Crippen molar-refractivity contribution < 1.29 is 4.79 Å². The quantitative estimate of drug-likeness (QED) is 0.840. The summed E-state index contributed by atoms with van der Waals surface area (Å²) < 4.78 is 0. The van der Waals surface area contributed by atoms with Gasteiger partial charge in [0.2, 0.25) is 0 Å². The highest BCUT2D eigenvalue weighted by Gasteiger charge is 2.15. The molecule has 0 unspecified atom stereocenters. The number of nitrogens with one attached hydrogen (secondary N) is 2. The van der Waals surface area contributed by atoms with Crippen LogP contribution in [0.4, 0.5) is 0 Å². The Morgan fingerprint density at radius 3 is 2.45 bits per heavy atom. The van der Waals surface area contributed by atoms with Crippen molar-refractivity contribution >= 4 is 23.2 Å². The first-order valence-corrected chi connectivity index (χ1v) is 7.80. The summed E-state index contributed by atoms with van der Waals surface area (Å²) in [6.07, 6.45) is 7.05. The molecule has 3 nitrogen and oxygen atoms in total. The first-order valence-electron chi connectivity index (χ1n) is 7.40. The van der Waals surface area contributed by atoms with Crippen LogP contribution in [0.2, 0.25) is 0 Å². The van der Waals surface area contributed by atoms with Gasteiger partial charge in [-0.05, 0) is 49.2 Å². The smallest absolute Gasteiger partial charge is 0.257 e. The summed E-state index contributed by atoms with van der Waals surface area (Å²) in [6.45, 7) is 2.10. The molecule has 1 aliphatic rings. The summed E-state index contributed by atoms with van der Waals surface area (Å²) in [7, 11) is 0. The largest absolute Gasteiger partial charge is 0.360 e. The molecule has 0 aliphatic heterocycles. The molecule has 1 aliphatic carbocycles. The van der Waals surface area contributed by atoms with E-state index in [1.165, 1.54) is 24.8 Å². The molecule has 0 aromatic heterocycles. The van der Waals surface area contributed by atoms with Gasteiger partial charge in [-0.25, -0.2) is 0 Å². The number of carbonyl (C=O) groups is 1. The second-order valence-corrected chi connectivity index (χ2v) is 5.72. The lowest BCUT2D eigenvalue weighted by Crippen LogP contribution is -2.44. The number of rotatable bonds is 3. The minimum atomic E-state index is -0.138. The number of carbonyl (C=O) groups excluding carboxylic acids is 1. The van der Waals surface area contributed by atoms with Crippen molar-refractivity contribution in [3.63, 3.8) is 0 Å². The molecule has 0 heterocycles. The van der Waals surface area contributed by atoms with Crippen molar-refractivity contribution in [2.75, 3.05) is 0 Å². The Morgan fingerprint density at radius 1 is 1.20 bits per heavy atom. The zero-order chi connectivity index (χ0) is 14.4. The molecule has 0 radical (unpaired) electrons. The Labute approximate surface area is 126 Å². The molecule has 1 aromatic rings. The van der Waals surface area contributed by atoms with E-state index in [2.05, 4.69) is 17.6 Å². The van der Waals surface area contributed by atoms with Crippen LogP contribution < -0.4 is 10.6 Å². The van der Waals surface area contributed by atoms with Crippen molar-refractivity contribution in [3.8, 4) is 0 Å². The van der Waals surface area contributed by atoms with E-state index < -0.39 is 0 Å². The molecule has 1 amide bonds. The molecule has 1 aromatic carbocycles. The molecule has 0 atom stereocenters. The van der Waals surface area contributed by atoms with Crippen molar-refractivity contribution in [1.29, 1.82) is 0 Å². The van der Waals surface area contributed by atoms with Crippen LogP contribution in [-0.2, 0) is 6.42 Å². The fourth-order valence-electron chi connectivity index (χ4n) is 2.54. The molecule has 1 fully saturated rings. The maximum absolute atomic E-state index is 12.1. The lowest BCUT2D eigenvalue weighted by atomic mass is 9.96. The molecule has 20 heavy (non-hydrogen) atoms. The normalized spacial score (nSPS) is 15.7. The van der Waals surface area contributed by atoms with E-state index in [1.54, 1.807) is 0 Å². The van der Waals surface area contributed by atoms with Crippen LogP contribution in [0.1, 0.15) is 54.9 Å². The Kier molecular flexibility index (Phi) is 5.53. The SMILES string of the molecule is CCc1ccc(C(=O)NC(=S)NC2CCCCC2)cc1. The van der Waals surface area contributed by atoms with Gasteiger partial charge in [-0.3, -0.25) is 10.1 Å². The van der Waals surface area contributed by atoms with Gasteiger partial charge in [-0.2, -0.15) is 0 Å². The van der Waals surface area contributed by atoms with Gasteiger partial charge in [0.05, 0.1) is 0 Å².